The van der Waals surface area contributed by atoms with E-state index in [0.29, 0.717) is 5.56 Å². The highest BCUT2D eigenvalue weighted by molar-refractivity contribution is 7.89. The highest BCUT2D eigenvalue weighted by Crippen LogP contribution is 2.37. The van der Waals surface area contributed by atoms with Gasteiger partial charge in [0.1, 0.15) is 6.61 Å². The minimum Gasteiger partial charge on any atom is -0.444 e. The zero-order valence-corrected chi connectivity index (χ0v) is 20.1. The Morgan fingerprint density at radius 2 is 1.60 bits per heavy atom. The second kappa shape index (κ2) is 10.1. The van der Waals surface area contributed by atoms with Gasteiger partial charge >= 0.3 is 12.1 Å². The van der Waals surface area contributed by atoms with E-state index in [1.807, 2.05) is 31.2 Å². The zero-order chi connectivity index (χ0) is 25.0. The van der Waals surface area contributed by atoms with E-state index >= 15 is 0 Å². The molecule has 7 nitrogen and oxygen atoms in total. The van der Waals surface area contributed by atoms with Crippen LogP contribution >= 0.6 is 0 Å². The van der Waals surface area contributed by atoms with Gasteiger partial charge in [-0.25, -0.2) is 27.2 Å². The molecule has 0 aromatic heterocycles. The highest BCUT2D eigenvalue weighted by atomic mass is 32.2. The van der Waals surface area contributed by atoms with Gasteiger partial charge in [-0.1, -0.05) is 84.4 Å². The molecule has 0 radical (unpaired) electrons. The van der Waals surface area contributed by atoms with Gasteiger partial charge in [0.25, 0.3) is 10.0 Å². The van der Waals surface area contributed by atoms with Gasteiger partial charge in [-0.05, 0) is 36.6 Å². The Morgan fingerprint density at radius 1 is 1.00 bits per heavy atom. The maximum Gasteiger partial charge on any atom is 0.418 e. The summed E-state index contributed by atoms with van der Waals surface area (Å²) in [5, 5.41) is 0. The van der Waals surface area contributed by atoms with Crippen molar-refractivity contribution in [1.29, 1.82) is 0 Å². The molecule has 0 bridgehead atoms. The number of rotatable bonds is 6. The molecule has 3 aromatic rings. The van der Waals surface area contributed by atoms with E-state index in [-0.39, 0.29) is 17.9 Å². The maximum absolute atomic E-state index is 13.7. The van der Waals surface area contributed by atoms with Crippen molar-refractivity contribution in [3.8, 4) is 0 Å². The Balaban J connectivity index is 1.72. The Bertz CT molecular complexity index is 1310. The van der Waals surface area contributed by atoms with Gasteiger partial charge < -0.3 is 4.74 Å². The first-order chi connectivity index (χ1) is 16.8. The molecule has 0 aliphatic carbocycles. The van der Waals surface area contributed by atoms with Crippen LogP contribution in [0.4, 0.5) is 9.59 Å². The average molecular weight is 491 g/mol. The summed E-state index contributed by atoms with van der Waals surface area (Å²) in [6.45, 7) is 5.55. The predicted molar refractivity (Wildman–Crippen MR) is 132 cm³/mol. The number of benzene rings is 3. The quantitative estimate of drug-likeness (QED) is 0.430. The average Bonchev–Trinajstić information content (AvgIpc) is 2.87. The first kappa shape index (κ1) is 24.2. The molecule has 35 heavy (non-hydrogen) atoms. The summed E-state index contributed by atoms with van der Waals surface area (Å²) < 4.78 is 33.3. The summed E-state index contributed by atoms with van der Waals surface area (Å²) >= 11 is 0. The molecule has 180 valence electrons. The van der Waals surface area contributed by atoms with E-state index in [1.54, 1.807) is 48.5 Å². The van der Waals surface area contributed by atoms with Crippen LogP contribution < -0.4 is 0 Å². The number of hydrogen-bond donors (Lipinski definition) is 0. The van der Waals surface area contributed by atoms with Crippen LogP contribution in [0.2, 0.25) is 0 Å². The van der Waals surface area contributed by atoms with Gasteiger partial charge in [0.2, 0.25) is 0 Å². The summed E-state index contributed by atoms with van der Waals surface area (Å²) in [7, 11) is -4.27. The number of imide groups is 1. The van der Waals surface area contributed by atoms with Crippen molar-refractivity contribution in [2.24, 2.45) is 0 Å². The van der Waals surface area contributed by atoms with E-state index < -0.39 is 34.2 Å². The standard InChI is InChI=1S/C27H26N2O5S/c1-3-23-18-25(22-12-8-5-9-13-22)28(27(31)34-19-21-10-6-4-7-11-21)26(30)29(23)35(32,33)24-16-14-20(2)15-17-24/h3-17,23,25H,1,18-19H2,2H3/t23-,25+/m1/s1. The van der Waals surface area contributed by atoms with Gasteiger partial charge in [-0.15, -0.1) is 6.58 Å². The van der Waals surface area contributed by atoms with Gasteiger partial charge in [-0.2, -0.15) is 0 Å². The van der Waals surface area contributed by atoms with Crippen molar-refractivity contribution < 1.29 is 22.7 Å². The molecule has 3 amide bonds. The molecule has 1 fully saturated rings. The third-order valence-corrected chi connectivity index (χ3v) is 7.72. The van der Waals surface area contributed by atoms with Crippen LogP contribution in [0, 0.1) is 6.92 Å². The van der Waals surface area contributed by atoms with E-state index in [9.17, 15) is 18.0 Å². The van der Waals surface area contributed by atoms with E-state index in [2.05, 4.69) is 6.58 Å². The number of carbonyl (C=O) groups is 2. The summed E-state index contributed by atoms with van der Waals surface area (Å²) in [5.74, 6) is 0. The van der Waals surface area contributed by atoms with Gasteiger partial charge in [0.15, 0.2) is 0 Å². The third kappa shape index (κ3) is 4.97. The van der Waals surface area contributed by atoms with Crippen LogP contribution in [0.25, 0.3) is 0 Å². The fourth-order valence-electron chi connectivity index (χ4n) is 4.06. The smallest absolute Gasteiger partial charge is 0.418 e. The molecule has 2 atom stereocenters. The van der Waals surface area contributed by atoms with Crippen LogP contribution in [-0.2, 0) is 21.4 Å². The lowest BCUT2D eigenvalue weighted by atomic mass is 9.96. The number of sulfonamides is 1. The summed E-state index contributed by atoms with van der Waals surface area (Å²) in [5.41, 5.74) is 2.32. The summed E-state index contributed by atoms with van der Waals surface area (Å²) in [6.07, 6.45) is 0.649. The maximum atomic E-state index is 13.7. The fraction of sp³-hybridized carbons (Fsp3) is 0.185. The lowest BCUT2D eigenvalue weighted by molar-refractivity contribution is 0.0686. The SMILES string of the molecule is C=C[C@@H]1C[C@@H](c2ccccc2)N(C(=O)OCc2ccccc2)C(=O)N1S(=O)(=O)c1ccc(C)cc1. The molecule has 3 aromatic carbocycles. The van der Waals surface area contributed by atoms with Crippen molar-refractivity contribution >= 4 is 22.1 Å². The Labute approximate surface area is 205 Å². The zero-order valence-electron chi connectivity index (χ0n) is 19.3. The molecule has 0 spiro atoms. The monoisotopic (exact) mass is 490 g/mol. The minimum absolute atomic E-state index is 0.0425. The number of carbonyl (C=O) groups excluding carboxylic acids is 2. The van der Waals surface area contributed by atoms with Gasteiger partial charge in [0, 0.05) is 0 Å². The molecular weight excluding hydrogens is 464 g/mol. The number of aryl methyl sites for hydroxylation is 1. The Kier molecular flexibility index (Phi) is 7.02. The van der Waals surface area contributed by atoms with Crippen LogP contribution in [0.1, 0.15) is 29.2 Å². The Hall–Kier alpha value is -3.91. The summed E-state index contributed by atoms with van der Waals surface area (Å²) in [6, 6.07) is 21.7. The largest absolute Gasteiger partial charge is 0.444 e. The van der Waals surface area contributed by atoms with E-state index in [4.69, 9.17) is 4.74 Å². The number of amides is 3. The van der Waals surface area contributed by atoms with Crippen LogP contribution in [0.5, 0.6) is 0 Å². The first-order valence-electron chi connectivity index (χ1n) is 11.2. The number of hydrogen-bond acceptors (Lipinski definition) is 5. The number of nitrogens with zero attached hydrogens (tertiary/aromatic N) is 2. The second-order valence-electron chi connectivity index (χ2n) is 8.27. The number of urea groups is 1. The molecule has 1 heterocycles. The molecule has 8 heteroatoms. The molecule has 1 aliphatic heterocycles. The topological polar surface area (TPSA) is 84.0 Å². The molecule has 0 unspecified atom stereocenters. The van der Waals surface area contributed by atoms with Crippen LogP contribution in [-0.4, -0.2) is 35.8 Å². The van der Waals surface area contributed by atoms with Crippen molar-refractivity contribution in [2.75, 3.05) is 0 Å². The highest BCUT2D eigenvalue weighted by Gasteiger charge is 2.48. The second-order valence-corrected chi connectivity index (χ2v) is 10.1. The van der Waals surface area contributed by atoms with Crippen molar-refractivity contribution in [2.45, 2.75) is 36.9 Å². The molecule has 1 aliphatic rings. The molecule has 4 rings (SSSR count). The predicted octanol–water partition coefficient (Wildman–Crippen LogP) is 5.44. The normalized spacial score (nSPS) is 18.3. The van der Waals surface area contributed by atoms with Crippen LogP contribution in [0.15, 0.2) is 102 Å². The molecule has 0 N–H and O–H groups in total. The summed E-state index contributed by atoms with van der Waals surface area (Å²) in [4.78, 5) is 27.8. The molecule has 0 saturated carbocycles. The van der Waals surface area contributed by atoms with Gasteiger partial charge in [0.05, 0.1) is 17.0 Å². The van der Waals surface area contributed by atoms with Gasteiger partial charge in [-0.3, -0.25) is 0 Å². The minimum atomic E-state index is -4.27. The van der Waals surface area contributed by atoms with Crippen molar-refractivity contribution in [1.82, 2.24) is 9.21 Å². The molecular formula is C27H26N2O5S. The number of ether oxygens (including phenoxy) is 1. The fourth-order valence-corrected chi connectivity index (χ4v) is 5.59. The van der Waals surface area contributed by atoms with E-state index in [1.165, 1.54) is 18.2 Å². The lowest BCUT2D eigenvalue weighted by Crippen LogP contribution is -2.58. The molecule has 1 saturated heterocycles. The van der Waals surface area contributed by atoms with Crippen molar-refractivity contribution in [3.05, 3.63) is 114 Å². The van der Waals surface area contributed by atoms with E-state index in [0.717, 1.165) is 20.3 Å². The third-order valence-electron chi connectivity index (χ3n) is 5.91. The lowest BCUT2D eigenvalue weighted by Gasteiger charge is -2.42. The van der Waals surface area contributed by atoms with Crippen molar-refractivity contribution in [3.63, 3.8) is 0 Å². The van der Waals surface area contributed by atoms with Crippen LogP contribution in [0.3, 0.4) is 0 Å². The first-order valence-corrected chi connectivity index (χ1v) is 12.6. The Morgan fingerprint density at radius 3 is 2.20 bits per heavy atom.